The summed E-state index contributed by atoms with van der Waals surface area (Å²) in [5.41, 5.74) is 1.99. The molecule has 2 aromatic heterocycles. The fourth-order valence-electron chi connectivity index (χ4n) is 2.90. The maximum atomic E-state index is 12.4. The summed E-state index contributed by atoms with van der Waals surface area (Å²) in [5.74, 6) is -0.436. The molecule has 0 amide bonds. The Hall–Kier alpha value is -1.73. The van der Waals surface area contributed by atoms with Gasteiger partial charge in [-0.05, 0) is 13.8 Å². The summed E-state index contributed by atoms with van der Waals surface area (Å²) in [4.78, 5) is 23.4. The molecular weight excluding hydrogens is 300 g/mol. The molecular formula is C15H20N4O2S. The van der Waals surface area contributed by atoms with Crippen molar-refractivity contribution >= 4 is 17.3 Å². The van der Waals surface area contributed by atoms with Crippen LogP contribution in [0.25, 0.3) is 0 Å². The van der Waals surface area contributed by atoms with Gasteiger partial charge in [-0.1, -0.05) is 0 Å². The SMILES string of the molecule is CCOC(=O)C1CN(Cc2nccs2)Cc2ncn(CC)c21. The summed E-state index contributed by atoms with van der Waals surface area (Å²) >= 11 is 1.63. The van der Waals surface area contributed by atoms with Crippen molar-refractivity contribution in [1.82, 2.24) is 19.4 Å². The van der Waals surface area contributed by atoms with E-state index in [9.17, 15) is 4.79 Å². The zero-order valence-corrected chi connectivity index (χ0v) is 13.7. The molecule has 0 spiro atoms. The first-order valence-electron chi connectivity index (χ1n) is 7.54. The van der Waals surface area contributed by atoms with E-state index in [4.69, 9.17) is 4.74 Å². The van der Waals surface area contributed by atoms with Crippen molar-refractivity contribution in [2.24, 2.45) is 0 Å². The van der Waals surface area contributed by atoms with Gasteiger partial charge in [0.05, 0.1) is 30.9 Å². The van der Waals surface area contributed by atoms with Gasteiger partial charge < -0.3 is 9.30 Å². The molecule has 3 heterocycles. The van der Waals surface area contributed by atoms with Crippen LogP contribution in [0.3, 0.4) is 0 Å². The number of hydrogen-bond donors (Lipinski definition) is 0. The number of nitrogens with zero attached hydrogens (tertiary/aromatic N) is 4. The van der Waals surface area contributed by atoms with E-state index in [1.54, 1.807) is 11.3 Å². The van der Waals surface area contributed by atoms with Crippen LogP contribution in [0.1, 0.15) is 36.2 Å². The first kappa shape index (κ1) is 15.2. The number of aromatic nitrogens is 3. The van der Waals surface area contributed by atoms with E-state index < -0.39 is 0 Å². The number of carbonyl (C=O) groups is 1. The molecule has 0 saturated heterocycles. The van der Waals surface area contributed by atoms with Crippen LogP contribution in [0.4, 0.5) is 0 Å². The smallest absolute Gasteiger partial charge is 0.316 e. The number of aryl methyl sites for hydroxylation is 1. The van der Waals surface area contributed by atoms with Crippen LogP contribution in [0.2, 0.25) is 0 Å². The van der Waals surface area contributed by atoms with Crippen molar-refractivity contribution in [3.05, 3.63) is 34.3 Å². The number of hydrogen-bond acceptors (Lipinski definition) is 6. The zero-order chi connectivity index (χ0) is 15.5. The Morgan fingerprint density at radius 2 is 2.32 bits per heavy atom. The highest BCUT2D eigenvalue weighted by atomic mass is 32.1. The van der Waals surface area contributed by atoms with Crippen molar-refractivity contribution < 1.29 is 9.53 Å². The summed E-state index contributed by atoms with van der Waals surface area (Å²) in [6.07, 6.45) is 3.63. The van der Waals surface area contributed by atoms with E-state index in [0.717, 1.165) is 36.0 Å². The molecule has 0 radical (unpaired) electrons. The van der Waals surface area contributed by atoms with Gasteiger partial charge in [-0.3, -0.25) is 9.69 Å². The molecule has 0 aliphatic carbocycles. The van der Waals surface area contributed by atoms with E-state index in [2.05, 4.69) is 26.4 Å². The Morgan fingerprint density at radius 3 is 3.00 bits per heavy atom. The molecule has 7 heteroatoms. The summed E-state index contributed by atoms with van der Waals surface area (Å²) in [6.45, 7) is 7.25. The molecule has 0 bridgehead atoms. The highest BCUT2D eigenvalue weighted by Gasteiger charge is 2.35. The average molecular weight is 320 g/mol. The third-order valence-corrected chi connectivity index (χ3v) is 4.62. The Kier molecular flexibility index (Phi) is 4.54. The van der Waals surface area contributed by atoms with Crippen molar-refractivity contribution in [2.75, 3.05) is 13.2 Å². The maximum Gasteiger partial charge on any atom is 0.316 e. The van der Waals surface area contributed by atoms with Crippen LogP contribution in [0.15, 0.2) is 17.9 Å². The number of thiazole rings is 1. The van der Waals surface area contributed by atoms with Crippen molar-refractivity contribution in [3.8, 4) is 0 Å². The molecule has 1 aliphatic heterocycles. The third-order valence-electron chi connectivity index (χ3n) is 3.86. The predicted molar refractivity (Wildman–Crippen MR) is 83.5 cm³/mol. The lowest BCUT2D eigenvalue weighted by Crippen LogP contribution is -2.38. The monoisotopic (exact) mass is 320 g/mol. The fourth-order valence-corrected chi connectivity index (χ4v) is 3.56. The van der Waals surface area contributed by atoms with Crippen molar-refractivity contribution in [2.45, 2.75) is 39.4 Å². The second-order valence-corrected chi connectivity index (χ2v) is 6.24. The van der Waals surface area contributed by atoms with Crippen LogP contribution < -0.4 is 0 Å². The van der Waals surface area contributed by atoms with E-state index >= 15 is 0 Å². The Labute approximate surface area is 133 Å². The Bertz CT molecular complexity index is 638. The van der Waals surface area contributed by atoms with Crippen molar-refractivity contribution in [3.63, 3.8) is 0 Å². The molecule has 1 aliphatic rings. The van der Waals surface area contributed by atoms with Gasteiger partial charge in [0.2, 0.25) is 0 Å². The molecule has 1 atom stereocenters. The lowest BCUT2D eigenvalue weighted by Gasteiger charge is -2.31. The Balaban J connectivity index is 1.86. The van der Waals surface area contributed by atoms with Gasteiger partial charge in [-0.15, -0.1) is 11.3 Å². The minimum absolute atomic E-state index is 0.164. The Morgan fingerprint density at radius 1 is 1.45 bits per heavy atom. The van der Waals surface area contributed by atoms with E-state index in [1.165, 1.54) is 0 Å². The van der Waals surface area contributed by atoms with Gasteiger partial charge in [0.25, 0.3) is 0 Å². The van der Waals surface area contributed by atoms with Crippen LogP contribution in [0.5, 0.6) is 0 Å². The normalized spacial score (nSPS) is 18.2. The minimum Gasteiger partial charge on any atom is -0.465 e. The van der Waals surface area contributed by atoms with Gasteiger partial charge in [-0.2, -0.15) is 0 Å². The predicted octanol–water partition coefficient (Wildman–Crippen LogP) is 2.02. The molecule has 118 valence electrons. The van der Waals surface area contributed by atoms with Gasteiger partial charge in [0, 0.05) is 31.2 Å². The number of fused-ring (bicyclic) bond motifs is 1. The highest BCUT2D eigenvalue weighted by molar-refractivity contribution is 7.09. The summed E-state index contributed by atoms with van der Waals surface area (Å²) in [6, 6.07) is 0. The van der Waals surface area contributed by atoms with E-state index in [1.807, 2.05) is 24.8 Å². The molecule has 0 fully saturated rings. The van der Waals surface area contributed by atoms with Crippen LogP contribution in [-0.2, 0) is 29.2 Å². The van der Waals surface area contributed by atoms with E-state index in [0.29, 0.717) is 13.2 Å². The molecule has 3 rings (SSSR count). The van der Waals surface area contributed by atoms with E-state index in [-0.39, 0.29) is 11.9 Å². The highest BCUT2D eigenvalue weighted by Crippen LogP contribution is 2.30. The lowest BCUT2D eigenvalue weighted by molar-refractivity contribution is -0.146. The molecule has 0 N–H and O–H groups in total. The lowest BCUT2D eigenvalue weighted by atomic mass is 9.98. The summed E-state index contributed by atoms with van der Waals surface area (Å²) < 4.78 is 7.32. The fraction of sp³-hybridized carbons (Fsp3) is 0.533. The summed E-state index contributed by atoms with van der Waals surface area (Å²) in [7, 11) is 0. The van der Waals surface area contributed by atoms with Crippen LogP contribution in [-0.4, -0.2) is 38.6 Å². The number of ether oxygens (including phenoxy) is 1. The number of esters is 1. The van der Waals surface area contributed by atoms with Crippen molar-refractivity contribution in [1.29, 1.82) is 0 Å². The molecule has 22 heavy (non-hydrogen) atoms. The second kappa shape index (κ2) is 6.58. The third kappa shape index (κ3) is 2.91. The largest absolute Gasteiger partial charge is 0.465 e. The summed E-state index contributed by atoms with van der Waals surface area (Å²) in [5, 5.41) is 3.03. The molecule has 2 aromatic rings. The second-order valence-electron chi connectivity index (χ2n) is 5.26. The number of imidazole rings is 1. The molecule has 0 aromatic carbocycles. The number of carbonyl (C=O) groups excluding carboxylic acids is 1. The van der Waals surface area contributed by atoms with Crippen LogP contribution in [0, 0.1) is 0 Å². The molecule has 0 saturated carbocycles. The molecule has 1 unspecified atom stereocenters. The topological polar surface area (TPSA) is 60.2 Å². The molecule has 6 nitrogen and oxygen atoms in total. The first-order valence-corrected chi connectivity index (χ1v) is 8.42. The standard InChI is InChI=1S/C15H20N4O2S/c1-3-19-10-17-12-8-18(9-13-16-5-6-22-13)7-11(14(12)19)15(20)21-4-2/h5-6,10-11H,3-4,7-9H2,1-2H3. The maximum absolute atomic E-state index is 12.4. The van der Waals surface area contributed by atoms with Gasteiger partial charge in [0.1, 0.15) is 10.9 Å². The number of rotatable bonds is 5. The minimum atomic E-state index is -0.272. The average Bonchev–Trinajstić information content (AvgIpc) is 3.15. The first-order chi connectivity index (χ1) is 10.7. The zero-order valence-electron chi connectivity index (χ0n) is 12.9. The van der Waals surface area contributed by atoms with Crippen LogP contribution >= 0.6 is 11.3 Å². The van der Waals surface area contributed by atoms with Gasteiger partial charge >= 0.3 is 5.97 Å². The van der Waals surface area contributed by atoms with Gasteiger partial charge in [0.15, 0.2) is 0 Å². The van der Waals surface area contributed by atoms with Gasteiger partial charge in [-0.25, -0.2) is 9.97 Å². The quantitative estimate of drug-likeness (QED) is 0.789.